The fourth-order valence-corrected chi connectivity index (χ4v) is 2.45. The average Bonchev–Trinajstić information content (AvgIpc) is 2.65. The molecule has 0 saturated heterocycles. The highest BCUT2D eigenvalue weighted by molar-refractivity contribution is 9.10. The molecule has 0 fully saturated rings. The minimum Gasteiger partial charge on any atom is -0.385 e. The van der Waals surface area contributed by atoms with Crippen LogP contribution in [0.15, 0.2) is 53.0 Å². The van der Waals surface area contributed by atoms with Gasteiger partial charge in [0.2, 0.25) is 5.91 Å². The Morgan fingerprint density at radius 2 is 1.65 bits per heavy atom. The van der Waals surface area contributed by atoms with Crippen LogP contribution < -0.4 is 16.0 Å². The van der Waals surface area contributed by atoms with Crippen LogP contribution in [0.2, 0.25) is 0 Å². The topological polar surface area (TPSA) is 79.5 Å². The fourth-order valence-electron chi connectivity index (χ4n) is 2.18. The van der Waals surface area contributed by atoms with E-state index in [1.807, 2.05) is 24.3 Å². The number of benzene rings is 2. The molecule has 6 nitrogen and oxygen atoms in total. The van der Waals surface area contributed by atoms with Crippen LogP contribution in [0.5, 0.6) is 0 Å². The molecule has 0 aliphatic carbocycles. The van der Waals surface area contributed by atoms with Gasteiger partial charge in [0.15, 0.2) is 0 Å². The average molecular weight is 420 g/mol. The highest BCUT2D eigenvalue weighted by Crippen LogP contribution is 2.14. The van der Waals surface area contributed by atoms with Crippen molar-refractivity contribution in [3.05, 3.63) is 58.6 Å². The van der Waals surface area contributed by atoms with Gasteiger partial charge in [-0.05, 0) is 55.0 Å². The molecule has 2 amide bonds. The molecular formula is C19H22BrN3O3. The summed E-state index contributed by atoms with van der Waals surface area (Å²) < 4.78 is 5.92. The third-order valence-electron chi connectivity index (χ3n) is 3.54. The Bertz CT molecular complexity index is 718. The molecule has 0 aliphatic rings. The van der Waals surface area contributed by atoms with Crippen molar-refractivity contribution in [2.24, 2.45) is 0 Å². The van der Waals surface area contributed by atoms with Crippen molar-refractivity contribution in [2.45, 2.75) is 6.42 Å². The maximum atomic E-state index is 12.0. The molecule has 3 N–H and O–H groups in total. The zero-order valence-electron chi connectivity index (χ0n) is 14.5. The van der Waals surface area contributed by atoms with Gasteiger partial charge in [0.25, 0.3) is 5.91 Å². The summed E-state index contributed by atoms with van der Waals surface area (Å²) in [4.78, 5) is 24.0. The molecular weight excluding hydrogens is 398 g/mol. The first-order valence-corrected chi connectivity index (χ1v) is 9.04. The number of carbonyl (C=O) groups excluding carboxylic acids is 2. The van der Waals surface area contributed by atoms with Crippen molar-refractivity contribution in [1.82, 2.24) is 5.32 Å². The molecule has 2 aromatic rings. The van der Waals surface area contributed by atoms with Gasteiger partial charge >= 0.3 is 0 Å². The van der Waals surface area contributed by atoms with E-state index in [2.05, 4.69) is 31.9 Å². The minimum atomic E-state index is -0.162. The van der Waals surface area contributed by atoms with Gasteiger partial charge in [0.1, 0.15) is 0 Å². The van der Waals surface area contributed by atoms with E-state index in [0.29, 0.717) is 24.4 Å². The first-order valence-electron chi connectivity index (χ1n) is 8.25. The molecule has 0 bridgehead atoms. The summed E-state index contributed by atoms with van der Waals surface area (Å²) in [6.07, 6.45) is 0.766. The van der Waals surface area contributed by atoms with Gasteiger partial charge < -0.3 is 20.7 Å². The number of carbonyl (C=O) groups is 2. The molecule has 2 aromatic carbocycles. The largest absolute Gasteiger partial charge is 0.385 e. The van der Waals surface area contributed by atoms with Crippen LogP contribution in [-0.2, 0) is 9.53 Å². The van der Waals surface area contributed by atoms with Gasteiger partial charge in [-0.2, -0.15) is 0 Å². The number of amides is 2. The summed E-state index contributed by atoms with van der Waals surface area (Å²) in [5.41, 5.74) is 2.06. The summed E-state index contributed by atoms with van der Waals surface area (Å²) >= 11 is 3.37. The SMILES string of the molecule is COCCCNC(=O)c1ccc(NC(=O)CNc2ccc(Br)cc2)cc1. The van der Waals surface area contributed by atoms with Gasteiger partial charge in [-0.1, -0.05) is 15.9 Å². The summed E-state index contributed by atoms with van der Waals surface area (Å²) in [5.74, 6) is -0.305. The molecule has 26 heavy (non-hydrogen) atoms. The third kappa shape index (κ3) is 6.85. The van der Waals surface area contributed by atoms with E-state index in [9.17, 15) is 9.59 Å². The van der Waals surface area contributed by atoms with Crippen LogP contribution >= 0.6 is 15.9 Å². The number of halogens is 1. The molecule has 0 atom stereocenters. The Morgan fingerprint density at radius 3 is 2.31 bits per heavy atom. The van der Waals surface area contributed by atoms with Crippen molar-refractivity contribution in [2.75, 3.05) is 37.4 Å². The quantitative estimate of drug-likeness (QED) is 0.544. The summed E-state index contributed by atoms with van der Waals surface area (Å²) in [6.45, 7) is 1.33. The van der Waals surface area contributed by atoms with Crippen molar-refractivity contribution in [1.29, 1.82) is 0 Å². The van der Waals surface area contributed by atoms with E-state index in [-0.39, 0.29) is 18.4 Å². The normalized spacial score (nSPS) is 10.2. The maximum Gasteiger partial charge on any atom is 0.251 e. The van der Waals surface area contributed by atoms with Gasteiger partial charge in [0, 0.05) is 41.7 Å². The lowest BCUT2D eigenvalue weighted by molar-refractivity contribution is -0.114. The molecule has 7 heteroatoms. The van der Waals surface area contributed by atoms with Gasteiger partial charge in [-0.25, -0.2) is 0 Å². The standard InChI is InChI=1S/C19H22BrN3O3/c1-26-12-2-11-21-19(25)14-3-7-17(8-4-14)23-18(24)13-22-16-9-5-15(20)6-10-16/h3-10,22H,2,11-13H2,1H3,(H,21,25)(H,23,24). The van der Waals surface area contributed by atoms with Gasteiger partial charge in [-0.3, -0.25) is 9.59 Å². The molecule has 0 spiro atoms. The molecule has 0 unspecified atom stereocenters. The lowest BCUT2D eigenvalue weighted by Crippen LogP contribution is -2.25. The van der Waals surface area contributed by atoms with E-state index in [1.54, 1.807) is 31.4 Å². The van der Waals surface area contributed by atoms with Crippen molar-refractivity contribution < 1.29 is 14.3 Å². The number of nitrogens with one attached hydrogen (secondary N) is 3. The first kappa shape index (κ1) is 19.9. The lowest BCUT2D eigenvalue weighted by atomic mass is 10.2. The molecule has 0 heterocycles. The zero-order valence-corrected chi connectivity index (χ0v) is 16.1. The van der Waals surface area contributed by atoms with E-state index in [0.717, 1.165) is 16.6 Å². The second-order valence-electron chi connectivity index (χ2n) is 5.59. The van der Waals surface area contributed by atoms with Crippen LogP contribution in [0.25, 0.3) is 0 Å². The number of hydrogen-bond donors (Lipinski definition) is 3. The van der Waals surface area contributed by atoms with E-state index in [1.165, 1.54) is 0 Å². The lowest BCUT2D eigenvalue weighted by Gasteiger charge is -2.09. The number of methoxy groups -OCH3 is 1. The number of ether oxygens (including phenoxy) is 1. The minimum absolute atomic E-state index is 0.143. The first-order chi connectivity index (χ1) is 12.6. The number of rotatable bonds is 9. The molecule has 0 saturated carbocycles. The Balaban J connectivity index is 1.77. The Labute approximate surface area is 161 Å². The molecule has 0 aromatic heterocycles. The fraction of sp³-hybridized carbons (Fsp3) is 0.263. The maximum absolute atomic E-state index is 12.0. The molecule has 138 valence electrons. The monoisotopic (exact) mass is 419 g/mol. The molecule has 2 rings (SSSR count). The van der Waals surface area contributed by atoms with Crippen molar-refractivity contribution >= 4 is 39.1 Å². The van der Waals surface area contributed by atoms with Gasteiger partial charge in [0.05, 0.1) is 6.54 Å². The summed E-state index contributed by atoms with van der Waals surface area (Å²) in [5, 5.41) is 8.66. The van der Waals surface area contributed by atoms with Crippen LogP contribution in [-0.4, -0.2) is 38.6 Å². The van der Waals surface area contributed by atoms with Crippen LogP contribution in [0.4, 0.5) is 11.4 Å². The number of hydrogen-bond acceptors (Lipinski definition) is 4. The number of anilines is 2. The van der Waals surface area contributed by atoms with Crippen LogP contribution in [0.1, 0.15) is 16.8 Å². The predicted octanol–water partition coefficient (Wildman–Crippen LogP) is 3.27. The Morgan fingerprint density at radius 1 is 1.00 bits per heavy atom. The van der Waals surface area contributed by atoms with E-state index in [4.69, 9.17) is 4.74 Å². The van der Waals surface area contributed by atoms with E-state index >= 15 is 0 Å². The van der Waals surface area contributed by atoms with Crippen LogP contribution in [0.3, 0.4) is 0 Å². The second-order valence-corrected chi connectivity index (χ2v) is 6.50. The zero-order chi connectivity index (χ0) is 18.8. The molecule has 0 aliphatic heterocycles. The summed E-state index contributed by atoms with van der Waals surface area (Å²) in [6, 6.07) is 14.4. The highest BCUT2D eigenvalue weighted by Gasteiger charge is 2.06. The van der Waals surface area contributed by atoms with Crippen molar-refractivity contribution in [3.8, 4) is 0 Å². The van der Waals surface area contributed by atoms with E-state index < -0.39 is 0 Å². The Kier molecular flexibility index (Phi) is 8.11. The predicted molar refractivity (Wildman–Crippen MR) is 107 cm³/mol. The van der Waals surface area contributed by atoms with Crippen LogP contribution in [0, 0.1) is 0 Å². The van der Waals surface area contributed by atoms with Gasteiger partial charge in [-0.15, -0.1) is 0 Å². The molecule has 0 radical (unpaired) electrons. The summed E-state index contributed by atoms with van der Waals surface area (Å²) in [7, 11) is 1.63. The highest BCUT2D eigenvalue weighted by atomic mass is 79.9. The second kappa shape index (κ2) is 10.6. The smallest absolute Gasteiger partial charge is 0.251 e. The Hall–Kier alpha value is -2.38. The van der Waals surface area contributed by atoms with Crippen molar-refractivity contribution in [3.63, 3.8) is 0 Å². The third-order valence-corrected chi connectivity index (χ3v) is 4.07.